The van der Waals surface area contributed by atoms with Gasteiger partial charge in [-0.1, -0.05) is 36.4 Å². The van der Waals surface area contributed by atoms with E-state index in [1.165, 1.54) is 0 Å². The summed E-state index contributed by atoms with van der Waals surface area (Å²) in [5.41, 5.74) is 7.61. The summed E-state index contributed by atoms with van der Waals surface area (Å²) in [5, 5.41) is 12.6. The number of aliphatic hydroxyl groups is 1. The monoisotopic (exact) mass is 285 g/mol. The zero-order chi connectivity index (χ0) is 15.1. The molecule has 110 valence electrons. The molecule has 0 saturated carbocycles. The molecule has 1 aromatic heterocycles. The van der Waals surface area contributed by atoms with E-state index in [-0.39, 0.29) is 6.54 Å². The van der Waals surface area contributed by atoms with Crippen molar-refractivity contribution < 1.29 is 9.90 Å². The van der Waals surface area contributed by atoms with Crippen molar-refractivity contribution in [2.75, 3.05) is 0 Å². The van der Waals surface area contributed by atoms with Crippen LogP contribution in [0.4, 0.5) is 0 Å². The molecular weight excluding hydrogens is 266 g/mol. The Labute approximate surface area is 123 Å². The molecule has 0 fully saturated rings. The molecule has 0 unspecified atom stereocenters. The Hall–Kier alpha value is -2.24. The third kappa shape index (κ3) is 4.66. The van der Waals surface area contributed by atoms with E-state index in [4.69, 9.17) is 5.73 Å². The number of nitrogens with two attached hydrogens (primary N) is 1. The van der Waals surface area contributed by atoms with Gasteiger partial charge in [-0.15, -0.1) is 0 Å². The molecule has 21 heavy (non-hydrogen) atoms. The van der Waals surface area contributed by atoms with E-state index in [2.05, 4.69) is 10.3 Å². The topological polar surface area (TPSA) is 88.2 Å². The van der Waals surface area contributed by atoms with Crippen molar-refractivity contribution in [3.63, 3.8) is 0 Å². The number of aliphatic hydroxyl groups excluding tert-OH is 1. The number of benzene rings is 1. The first-order chi connectivity index (χ1) is 10.2. The van der Waals surface area contributed by atoms with Crippen molar-refractivity contribution in [1.29, 1.82) is 0 Å². The van der Waals surface area contributed by atoms with Crippen molar-refractivity contribution >= 4 is 5.91 Å². The van der Waals surface area contributed by atoms with Crippen LogP contribution in [0.2, 0.25) is 0 Å². The Morgan fingerprint density at radius 1 is 1.19 bits per heavy atom. The molecule has 5 nitrogen and oxygen atoms in total. The minimum Gasteiger partial charge on any atom is -0.382 e. The van der Waals surface area contributed by atoms with Gasteiger partial charge in [0.15, 0.2) is 0 Å². The van der Waals surface area contributed by atoms with Gasteiger partial charge in [0.2, 0.25) is 0 Å². The van der Waals surface area contributed by atoms with Gasteiger partial charge in [-0.2, -0.15) is 0 Å². The van der Waals surface area contributed by atoms with Gasteiger partial charge in [-0.05, 0) is 24.1 Å². The maximum Gasteiger partial charge on any atom is 0.250 e. The molecule has 5 heteroatoms. The Kier molecular flexibility index (Phi) is 5.43. The van der Waals surface area contributed by atoms with Crippen LogP contribution in [0.3, 0.4) is 0 Å². The van der Waals surface area contributed by atoms with E-state index in [1.54, 1.807) is 18.3 Å². The molecule has 1 heterocycles. The number of hydrogen-bond donors (Lipinski definition) is 3. The molecule has 0 spiro atoms. The number of aromatic nitrogens is 1. The Morgan fingerprint density at radius 2 is 1.90 bits per heavy atom. The van der Waals surface area contributed by atoms with Crippen LogP contribution >= 0.6 is 0 Å². The highest BCUT2D eigenvalue weighted by atomic mass is 16.3. The fraction of sp³-hybridized carbons (Fsp3) is 0.250. The van der Waals surface area contributed by atoms with Crippen LogP contribution in [-0.2, 0) is 17.8 Å². The molecule has 1 amide bonds. The van der Waals surface area contributed by atoms with Crippen LogP contribution in [0, 0.1) is 0 Å². The van der Waals surface area contributed by atoms with Gasteiger partial charge in [-0.3, -0.25) is 9.78 Å². The van der Waals surface area contributed by atoms with Crippen LogP contribution in [0.25, 0.3) is 0 Å². The zero-order valence-corrected chi connectivity index (χ0v) is 11.6. The standard InChI is InChI=1S/C16H19N3O2/c17-14(10-12-6-2-1-3-7-12)15(20)16(21)19-11-13-8-4-5-9-18-13/h1-9,14-15,20H,10-11,17H2,(H,19,21)/t14-,15+/m0/s1. The van der Waals surface area contributed by atoms with E-state index in [9.17, 15) is 9.90 Å². The number of hydrogen-bond acceptors (Lipinski definition) is 4. The van der Waals surface area contributed by atoms with Gasteiger partial charge in [-0.25, -0.2) is 0 Å². The molecule has 2 atom stereocenters. The normalized spacial score (nSPS) is 13.4. The van der Waals surface area contributed by atoms with Crippen LogP contribution in [0.1, 0.15) is 11.3 Å². The van der Waals surface area contributed by atoms with Gasteiger partial charge >= 0.3 is 0 Å². The first kappa shape index (κ1) is 15.2. The fourth-order valence-corrected chi connectivity index (χ4v) is 1.98. The minimum absolute atomic E-state index is 0.273. The average molecular weight is 285 g/mol. The molecule has 0 bridgehead atoms. The predicted molar refractivity (Wildman–Crippen MR) is 80.2 cm³/mol. The number of amides is 1. The lowest BCUT2D eigenvalue weighted by atomic mass is 10.0. The highest BCUT2D eigenvalue weighted by molar-refractivity contribution is 5.81. The summed E-state index contributed by atoms with van der Waals surface area (Å²) in [5.74, 6) is -0.482. The molecule has 1 aromatic carbocycles. The summed E-state index contributed by atoms with van der Waals surface area (Å²) in [6.45, 7) is 0.273. The van der Waals surface area contributed by atoms with Gasteiger partial charge in [0.1, 0.15) is 6.10 Å². The maximum absolute atomic E-state index is 11.9. The Balaban J connectivity index is 1.84. The molecule has 0 aliphatic rings. The second-order valence-corrected chi connectivity index (χ2v) is 4.84. The first-order valence-corrected chi connectivity index (χ1v) is 6.82. The van der Waals surface area contributed by atoms with Gasteiger partial charge in [0, 0.05) is 12.2 Å². The molecule has 0 radical (unpaired) electrons. The van der Waals surface area contributed by atoms with E-state index in [0.717, 1.165) is 11.3 Å². The largest absolute Gasteiger partial charge is 0.382 e. The molecule has 0 saturated heterocycles. The average Bonchev–Trinajstić information content (AvgIpc) is 2.53. The Bertz CT molecular complexity index is 560. The Morgan fingerprint density at radius 3 is 2.57 bits per heavy atom. The highest BCUT2D eigenvalue weighted by Gasteiger charge is 2.22. The predicted octanol–water partition coefficient (Wildman–Crippen LogP) is 0.629. The smallest absolute Gasteiger partial charge is 0.250 e. The fourth-order valence-electron chi connectivity index (χ4n) is 1.98. The molecule has 0 aliphatic carbocycles. The van der Waals surface area contributed by atoms with E-state index < -0.39 is 18.1 Å². The van der Waals surface area contributed by atoms with Gasteiger partial charge in [0.25, 0.3) is 5.91 Å². The SMILES string of the molecule is N[C@@H](Cc1ccccc1)[C@@H](O)C(=O)NCc1ccccn1. The van der Waals surface area contributed by atoms with Crippen LogP contribution in [-0.4, -0.2) is 28.1 Å². The summed E-state index contributed by atoms with van der Waals surface area (Å²) in [6.07, 6.45) is 0.854. The number of rotatable bonds is 6. The third-order valence-electron chi connectivity index (χ3n) is 3.16. The van der Waals surface area contributed by atoms with Crippen molar-refractivity contribution in [3.05, 3.63) is 66.0 Å². The molecular formula is C16H19N3O2. The molecule has 2 aromatic rings. The number of nitrogens with one attached hydrogen (secondary N) is 1. The lowest BCUT2D eigenvalue weighted by molar-refractivity contribution is -0.130. The summed E-state index contributed by atoms with van der Waals surface area (Å²) >= 11 is 0. The molecule has 2 rings (SSSR count). The number of pyridine rings is 1. The molecule has 4 N–H and O–H groups in total. The number of nitrogens with zero attached hydrogens (tertiary/aromatic N) is 1. The first-order valence-electron chi connectivity index (χ1n) is 6.82. The van der Waals surface area contributed by atoms with Crippen molar-refractivity contribution in [3.8, 4) is 0 Å². The van der Waals surface area contributed by atoms with Gasteiger partial charge < -0.3 is 16.2 Å². The summed E-state index contributed by atoms with van der Waals surface area (Å²) in [4.78, 5) is 16.0. The van der Waals surface area contributed by atoms with E-state index in [0.29, 0.717) is 6.42 Å². The van der Waals surface area contributed by atoms with Crippen molar-refractivity contribution in [2.45, 2.75) is 25.1 Å². The summed E-state index contributed by atoms with van der Waals surface area (Å²) in [6, 6.07) is 14.3. The van der Waals surface area contributed by atoms with Crippen molar-refractivity contribution in [1.82, 2.24) is 10.3 Å². The van der Waals surface area contributed by atoms with E-state index in [1.807, 2.05) is 36.4 Å². The third-order valence-corrected chi connectivity index (χ3v) is 3.16. The number of carbonyl (C=O) groups is 1. The summed E-state index contributed by atoms with van der Waals surface area (Å²) < 4.78 is 0. The quantitative estimate of drug-likeness (QED) is 0.726. The van der Waals surface area contributed by atoms with Gasteiger partial charge in [0.05, 0.1) is 12.2 Å². The van der Waals surface area contributed by atoms with Crippen LogP contribution in [0.15, 0.2) is 54.7 Å². The summed E-state index contributed by atoms with van der Waals surface area (Å²) in [7, 11) is 0. The van der Waals surface area contributed by atoms with Crippen LogP contribution in [0.5, 0.6) is 0 Å². The maximum atomic E-state index is 11.9. The lowest BCUT2D eigenvalue weighted by Gasteiger charge is -2.18. The van der Waals surface area contributed by atoms with Crippen LogP contribution < -0.4 is 11.1 Å². The molecule has 0 aliphatic heterocycles. The zero-order valence-electron chi connectivity index (χ0n) is 11.6. The second kappa shape index (κ2) is 7.52. The lowest BCUT2D eigenvalue weighted by Crippen LogP contribution is -2.47. The number of carbonyl (C=O) groups excluding carboxylic acids is 1. The van der Waals surface area contributed by atoms with E-state index >= 15 is 0 Å². The highest BCUT2D eigenvalue weighted by Crippen LogP contribution is 2.05. The van der Waals surface area contributed by atoms with Crippen molar-refractivity contribution in [2.24, 2.45) is 5.73 Å². The minimum atomic E-state index is -1.24. The second-order valence-electron chi connectivity index (χ2n) is 4.84.